The van der Waals surface area contributed by atoms with Gasteiger partial charge < -0.3 is 14.4 Å². The van der Waals surface area contributed by atoms with Crippen molar-refractivity contribution in [1.29, 1.82) is 0 Å². The summed E-state index contributed by atoms with van der Waals surface area (Å²) < 4.78 is 24.6. The molecule has 6 heteroatoms. The number of hydrogen-bond acceptors (Lipinski definition) is 4. The van der Waals surface area contributed by atoms with Crippen LogP contribution in [0.5, 0.6) is 11.5 Å². The van der Waals surface area contributed by atoms with E-state index in [2.05, 4.69) is 30.9 Å². The molecule has 0 saturated carbocycles. The first-order chi connectivity index (χ1) is 15.8. The fourth-order valence-electron chi connectivity index (χ4n) is 5.00. The van der Waals surface area contributed by atoms with Crippen LogP contribution in [0.1, 0.15) is 44.7 Å². The van der Waals surface area contributed by atoms with Gasteiger partial charge in [-0.25, -0.2) is 4.39 Å². The van der Waals surface area contributed by atoms with E-state index >= 15 is 0 Å². The molecule has 0 aromatic heterocycles. The van der Waals surface area contributed by atoms with Gasteiger partial charge >= 0.3 is 0 Å². The Morgan fingerprint density at radius 3 is 2.48 bits per heavy atom. The van der Waals surface area contributed by atoms with E-state index in [0.717, 1.165) is 49.8 Å². The van der Waals surface area contributed by atoms with Crippen LogP contribution in [-0.4, -0.2) is 48.7 Å². The zero-order valence-corrected chi connectivity index (χ0v) is 20.1. The molecule has 1 fully saturated rings. The largest absolute Gasteiger partial charge is 0.454 e. The van der Waals surface area contributed by atoms with E-state index in [0.29, 0.717) is 5.92 Å². The third kappa shape index (κ3) is 5.67. The first kappa shape index (κ1) is 23.6. The fourth-order valence-corrected chi connectivity index (χ4v) is 5.00. The van der Waals surface area contributed by atoms with Crippen molar-refractivity contribution < 1.29 is 18.7 Å². The molecular formula is C27H35FN2O3. The minimum absolute atomic E-state index is 0.0286. The summed E-state index contributed by atoms with van der Waals surface area (Å²) in [7, 11) is 0. The number of likely N-dealkylation sites (tertiary alicyclic amines) is 1. The highest BCUT2D eigenvalue weighted by Crippen LogP contribution is 2.37. The first-order valence-corrected chi connectivity index (χ1v) is 11.9. The standard InChI is InChI=1S/C27H35FN2O3/c1-18(2)12-30(27(31)19(3)4)15-22-14-29(16-24(22)21-6-8-23(28)9-7-21)13-20-5-10-25-26(11-20)33-17-32-25/h5-11,18-19,22,24H,12-17H2,1-4H3. The van der Waals surface area contributed by atoms with Gasteiger partial charge in [-0.15, -0.1) is 0 Å². The Bertz CT molecular complexity index is 960. The third-order valence-corrected chi connectivity index (χ3v) is 6.50. The second kappa shape index (κ2) is 10.1. The number of carbonyl (C=O) groups is 1. The minimum Gasteiger partial charge on any atom is -0.454 e. The number of hydrogen-bond donors (Lipinski definition) is 0. The van der Waals surface area contributed by atoms with Gasteiger partial charge in [-0.1, -0.05) is 45.9 Å². The normalized spacial score (nSPS) is 20.1. The monoisotopic (exact) mass is 454 g/mol. The van der Waals surface area contributed by atoms with E-state index in [1.165, 1.54) is 17.7 Å². The highest BCUT2D eigenvalue weighted by molar-refractivity contribution is 5.78. The maximum atomic E-state index is 13.6. The molecule has 1 saturated heterocycles. The van der Waals surface area contributed by atoms with E-state index in [9.17, 15) is 9.18 Å². The maximum absolute atomic E-state index is 13.6. The number of nitrogens with zero attached hydrogens (tertiary/aromatic N) is 2. The highest BCUT2D eigenvalue weighted by atomic mass is 19.1. The molecule has 2 aromatic rings. The molecule has 178 valence electrons. The molecule has 1 amide bonds. The Balaban J connectivity index is 1.54. The number of amides is 1. The van der Waals surface area contributed by atoms with Gasteiger partial charge in [0, 0.05) is 44.6 Å². The summed E-state index contributed by atoms with van der Waals surface area (Å²) in [5.41, 5.74) is 2.31. The molecule has 2 aromatic carbocycles. The van der Waals surface area contributed by atoms with Crippen LogP contribution in [0.4, 0.5) is 4.39 Å². The SMILES string of the molecule is CC(C)CN(CC1CN(Cc2ccc3c(c2)OCO3)CC1c1ccc(F)cc1)C(=O)C(C)C. The van der Waals surface area contributed by atoms with E-state index < -0.39 is 0 Å². The molecule has 0 aliphatic carbocycles. The van der Waals surface area contributed by atoms with Crippen LogP contribution in [0.25, 0.3) is 0 Å². The molecule has 5 nitrogen and oxygen atoms in total. The zero-order chi connectivity index (χ0) is 23.5. The van der Waals surface area contributed by atoms with Crippen molar-refractivity contribution in [2.24, 2.45) is 17.8 Å². The summed E-state index contributed by atoms with van der Waals surface area (Å²) in [5.74, 6) is 2.47. The van der Waals surface area contributed by atoms with Crippen molar-refractivity contribution in [1.82, 2.24) is 9.80 Å². The minimum atomic E-state index is -0.220. The van der Waals surface area contributed by atoms with E-state index in [1.54, 1.807) is 0 Å². The lowest BCUT2D eigenvalue weighted by Gasteiger charge is -2.31. The predicted molar refractivity (Wildman–Crippen MR) is 127 cm³/mol. The smallest absolute Gasteiger partial charge is 0.231 e. The summed E-state index contributed by atoms with van der Waals surface area (Å²) in [6.07, 6.45) is 0. The lowest BCUT2D eigenvalue weighted by atomic mass is 9.88. The van der Waals surface area contributed by atoms with Gasteiger partial charge in [0.15, 0.2) is 11.5 Å². The van der Waals surface area contributed by atoms with Gasteiger partial charge in [0.05, 0.1) is 0 Å². The van der Waals surface area contributed by atoms with Gasteiger partial charge in [-0.05, 0) is 47.2 Å². The molecule has 0 bridgehead atoms. The van der Waals surface area contributed by atoms with Crippen molar-refractivity contribution in [3.05, 3.63) is 59.4 Å². The van der Waals surface area contributed by atoms with Crippen molar-refractivity contribution >= 4 is 5.91 Å². The lowest BCUT2D eigenvalue weighted by Crippen LogP contribution is -2.41. The molecule has 0 N–H and O–H groups in total. The predicted octanol–water partition coefficient (Wildman–Crippen LogP) is 4.91. The van der Waals surface area contributed by atoms with Crippen molar-refractivity contribution in [3.63, 3.8) is 0 Å². The summed E-state index contributed by atoms with van der Waals surface area (Å²) in [6, 6.07) is 13.0. The topological polar surface area (TPSA) is 42.0 Å². The number of carbonyl (C=O) groups excluding carboxylic acids is 1. The summed E-state index contributed by atoms with van der Waals surface area (Å²) in [6.45, 7) is 12.5. The highest BCUT2D eigenvalue weighted by Gasteiger charge is 2.36. The van der Waals surface area contributed by atoms with Crippen molar-refractivity contribution in [3.8, 4) is 11.5 Å². The Labute approximate surface area is 196 Å². The fraction of sp³-hybridized carbons (Fsp3) is 0.519. The van der Waals surface area contributed by atoms with Crippen LogP contribution >= 0.6 is 0 Å². The van der Waals surface area contributed by atoms with E-state index in [1.807, 2.05) is 36.9 Å². The molecule has 2 atom stereocenters. The number of rotatable bonds is 8. The van der Waals surface area contributed by atoms with Gasteiger partial charge in [0.1, 0.15) is 5.82 Å². The van der Waals surface area contributed by atoms with Crippen LogP contribution in [0, 0.1) is 23.6 Å². The van der Waals surface area contributed by atoms with Crippen molar-refractivity contribution in [2.75, 3.05) is 33.0 Å². The summed E-state index contributed by atoms with van der Waals surface area (Å²) in [5, 5.41) is 0. The molecule has 2 heterocycles. The molecule has 33 heavy (non-hydrogen) atoms. The second-order valence-electron chi connectivity index (χ2n) is 10.1. The average molecular weight is 455 g/mol. The average Bonchev–Trinajstić information content (AvgIpc) is 3.39. The van der Waals surface area contributed by atoms with Crippen LogP contribution < -0.4 is 9.47 Å². The lowest BCUT2D eigenvalue weighted by molar-refractivity contribution is -0.135. The van der Waals surface area contributed by atoms with Crippen LogP contribution in [0.2, 0.25) is 0 Å². The Kier molecular flexibility index (Phi) is 7.23. The Morgan fingerprint density at radius 1 is 1.06 bits per heavy atom. The van der Waals surface area contributed by atoms with Crippen LogP contribution in [0.3, 0.4) is 0 Å². The molecular weight excluding hydrogens is 419 g/mol. The first-order valence-electron chi connectivity index (χ1n) is 11.9. The third-order valence-electron chi connectivity index (χ3n) is 6.50. The van der Waals surface area contributed by atoms with Crippen LogP contribution in [-0.2, 0) is 11.3 Å². The van der Waals surface area contributed by atoms with Gasteiger partial charge in [0.25, 0.3) is 0 Å². The molecule has 0 radical (unpaired) electrons. The summed E-state index contributed by atoms with van der Waals surface area (Å²) in [4.78, 5) is 17.4. The van der Waals surface area contributed by atoms with Gasteiger partial charge in [-0.3, -0.25) is 9.69 Å². The molecule has 0 spiro atoms. The van der Waals surface area contributed by atoms with E-state index in [-0.39, 0.29) is 36.3 Å². The number of ether oxygens (including phenoxy) is 2. The number of benzene rings is 2. The van der Waals surface area contributed by atoms with Gasteiger partial charge in [-0.2, -0.15) is 0 Å². The molecule has 2 aliphatic rings. The summed E-state index contributed by atoms with van der Waals surface area (Å²) >= 11 is 0. The molecule has 4 rings (SSSR count). The zero-order valence-electron chi connectivity index (χ0n) is 20.1. The Morgan fingerprint density at radius 2 is 1.79 bits per heavy atom. The quantitative estimate of drug-likeness (QED) is 0.568. The number of halogens is 1. The van der Waals surface area contributed by atoms with Crippen LogP contribution in [0.15, 0.2) is 42.5 Å². The van der Waals surface area contributed by atoms with E-state index in [4.69, 9.17) is 9.47 Å². The Hall–Kier alpha value is -2.60. The van der Waals surface area contributed by atoms with Gasteiger partial charge in [0.2, 0.25) is 12.7 Å². The second-order valence-corrected chi connectivity index (χ2v) is 10.1. The molecule has 2 unspecified atom stereocenters. The van der Waals surface area contributed by atoms with Crippen molar-refractivity contribution in [2.45, 2.75) is 40.2 Å². The number of fused-ring (bicyclic) bond motifs is 1. The maximum Gasteiger partial charge on any atom is 0.231 e. The molecule has 2 aliphatic heterocycles.